The highest BCUT2D eigenvalue weighted by Crippen LogP contribution is 2.28. The summed E-state index contributed by atoms with van der Waals surface area (Å²) < 4.78 is 15.9. The molecular formula is C22H26N2O5. The van der Waals surface area contributed by atoms with Crippen LogP contribution in [-0.2, 0) is 0 Å². The van der Waals surface area contributed by atoms with Gasteiger partial charge in [-0.2, -0.15) is 0 Å². The van der Waals surface area contributed by atoms with E-state index in [1.165, 1.54) is 7.11 Å². The lowest BCUT2D eigenvalue weighted by Crippen LogP contribution is -2.50. The van der Waals surface area contributed by atoms with Gasteiger partial charge in [0.25, 0.3) is 11.8 Å². The first kappa shape index (κ1) is 20.5. The van der Waals surface area contributed by atoms with Gasteiger partial charge >= 0.3 is 0 Å². The number of ether oxygens (including phenoxy) is 3. The minimum atomic E-state index is -0.0841. The summed E-state index contributed by atoms with van der Waals surface area (Å²) in [5.41, 5.74) is 1.15. The third-order valence-electron chi connectivity index (χ3n) is 4.90. The molecule has 0 aliphatic carbocycles. The predicted octanol–water partition coefficient (Wildman–Crippen LogP) is 2.70. The minimum absolute atomic E-state index is 0.0359. The molecule has 1 aliphatic heterocycles. The Labute approximate surface area is 170 Å². The molecule has 7 nitrogen and oxygen atoms in total. The van der Waals surface area contributed by atoms with Crippen LogP contribution >= 0.6 is 0 Å². The number of methoxy groups -OCH3 is 2. The Morgan fingerprint density at radius 3 is 1.83 bits per heavy atom. The molecule has 1 heterocycles. The molecule has 2 aromatic carbocycles. The summed E-state index contributed by atoms with van der Waals surface area (Å²) in [6, 6.07) is 12.3. The molecule has 1 fully saturated rings. The number of piperazine rings is 1. The zero-order chi connectivity index (χ0) is 20.8. The zero-order valence-electron chi connectivity index (χ0n) is 17.0. The number of hydrogen-bond donors (Lipinski definition) is 0. The van der Waals surface area contributed by atoms with Crippen molar-refractivity contribution in [2.24, 2.45) is 0 Å². The summed E-state index contributed by atoms with van der Waals surface area (Å²) >= 11 is 0. The van der Waals surface area contributed by atoms with Crippen LogP contribution in [0.2, 0.25) is 0 Å². The Balaban J connectivity index is 1.61. The van der Waals surface area contributed by atoms with Crippen LogP contribution in [0.15, 0.2) is 42.5 Å². The monoisotopic (exact) mass is 398 g/mol. The van der Waals surface area contributed by atoms with Crippen LogP contribution < -0.4 is 14.2 Å². The highest BCUT2D eigenvalue weighted by molar-refractivity contribution is 5.96. The lowest BCUT2D eigenvalue weighted by Gasteiger charge is -2.35. The van der Waals surface area contributed by atoms with Crippen molar-refractivity contribution in [2.75, 3.05) is 47.0 Å². The van der Waals surface area contributed by atoms with E-state index in [-0.39, 0.29) is 11.8 Å². The summed E-state index contributed by atoms with van der Waals surface area (Å²) in [4.78, 5) is 29.1. The molecule has 1 aliphatic rings. The molecule has 3 rings (SSSR count). The molecule has 7 heteroatoms. The van der Waals surface area contributed by atoms with Gasteiger partial charge in [-0.05, 0) is 49.4 Å². The van der Waals surface area contributed by atoms with Crippen LogP contribution in [0.25, 0.3) is 0 Å². The van der Waals surface area contributed by atoms with Crippen LogP contribution in [0.4, 0.5) is 0 Å². The molecule has 2 amide bonds. The number of nitrogens with zero attached hydrogens (tertiary/aromatic N) is 2. The van der Waals surface area contributed by atoms with Crippen molar-refractivity contribution < 1.29 is 23.8 Å². The second-order valence-electron chi connectivity index (χ2n) is 6.61. The van der Waals surface area contributed by atoms with Gasteiger partial charge in [0.1, 0.15) is 5.75 Å². The Hall–Kier alpha value is -3.22. The standard InChI is InChI=1S/C22H26N2O5/c1-4-29-18-8-5-16(6-9-18)21(25)23-11-13-24(14-12-23)22(26)17-7-10-19(27-2)20(15-17)28-3/h5-10,15H,4,11-14H2,1-3H3. The summed E-state index contributed by atoms with van der Waals surface area (Å²) in [7, 11) is 3.09. The third-order valence-corrected chi connectivity index (χ3v) is 4.90. The lowest BCUT2D eigenvalue weighted by molar-refractivity contribution is 0.0535. The van der Waals surface area contributed by atoms with Gasteiger partial charge in [-0.25, -0.2) is 0 Å². The van der Waals surface area contributed by atoms with E-state index >= 15 is 0 Å². The molecule has 1 saturated heterocycles. The van der Waals surface area contributed by atoms with E-state index in [9.17, 15) is 9.59 Å². The second kappa shape index (κ2) is 9.32. The molecule has 0 atom stereocenters. The Morgan fingerprint density at radius 2 is 1.31 bits per heavy atom. The first-order valence-electron chi connectivity index (χ1n) is 9.60. The summed E-state index contributed by atoms with van der Waals surface area (Å²) in [6.07, 6.45) is 0. The van der Waals surface area contributed by atoms with E-state index in [0.29, 0.717) is 55.4 Å². The van der Waals surface area contributed by atoms with E-state index < -0.39 is 0 Å². The molecule has 0 N–H and O–H groups in total. The molecule has 154 valence electrons. The summed E-state index contributed by atoms with van der Waals surface area (Å²) in [5, 5.41) is 0. The fourth-order valence-electron chi connectivity index (χ4n) is 3.31. The zero-order valence-corrected chi connectivity index (χ0v) is 17.0. The molecular weight excluding hydrogens is 372 g/mol. The molecule has 29 heavy (non-hydrogen) atoms. The van der Waals surface area contributed by atoms with E-state index in [1.807, 2.05) is 6.92 Å². The van der Waals surface area contributed by atoms with Gasteiger partial charge < -0.3 is 24.0 Å². The molecule has 2 aromatic rings. The third kappa shape index (κ3) is 4.62. The van der Waals surface area contributed by atoms with E-state index in [4.69, 9.17) is 14.2 Å². The topological polar surface area (TPSA) is 68.3 Å². The number of hydrogen-bond acceptors (Lipinski definition) is 5. The van der Waals surface area contributed by atoms with E-state index in [2.05, 4.69) is 0 Å². The van der Waals surface area contributed by atoms with Gasteiger partial charge in [0.2, 0.25) is 0 Å². The number of carbonyl (C=O) groups excluding carboxylic acids is 2. The van der Waals surface area contributed by atoms with Crippen LogP contribution in [0.1, 0.15) is 27.6 Å². The molecule has 0 radical (unpaired) electrons. The minimum Gasteiger partial charge on any atom is -0.494 e. The van der Waals surface area contributed by atoms with E-state index in [1.54, 1.807) is 59.4 Å². The maximum absolute atomic E-state index is 12.8. The van der Waals surface area contributed by atoms with Gasteiger partial charge in [-0.3, -0.25) is 9.59 Å². The maximum atomic E-state index is 12.8. The maximum Gasteiger partial charge on any atom is 0.254 e. The second-order valence-corrected chi connectivity index (χ2v) is 6.61. The summed E-state index contributed by atoms with van der Waals surface area (Å²) in [6.45, 7) is 4.45. The van der Waals surface area contributed by atoms with Crippen molar-refractivity contribution >= 4 is 11.8 Å². The molecule has 0 bridgehead atoms. The van der Waals surface area contributed by atoms with Crippen LogP contribution in [0.5, 0.6) is 17.2 Å². The molecule has 0 saturated carbocycles. The highest BCUT2D eigenvalue weighted by atomic mass is 16.5. The van der Waals surface area contributed by atoms with Crippen molar-refractivity contribution in [3.8, 4) is 17.2 Å². The number of carbonyl (C=O) groups is 2. The van der Waals surface area contributed by atoms with Crippen molar-refractivity contribution in [3.05, 3.63) is 53.6 Å². The number of benzene rings is 2. The average molecular weight is 398 g/mol. The number of amides is 2. The Bertz CT molecular complexity index is 858. The van der Waals surface area contributed by atoms with Crippen molar-refractivity contribution in [3.63, 3.8) is 0 Å². The number of rotatable bonds is 6. The highest BCUT2D eigenvalue weighted by Gasteiger charge is 2.26. The smallest absolute Gasteiger partial charge is 0.254 e. The Kier molecular flexibility index (Phi) is 6.59. The van der Waals surface area contributed by atoms with E-state index in [0.717, 1.165) is 5.75 Å². The molecule has 0 aromatic heterocycles. The van der Waals surface area contributed by atoms with Crippen LogP contribution in [-0.4, -0.2) is 68.6 Å². The Morgan fingerprint density at radius 1 is 0.793 bits per heavy atom. The molecule has 0 spiro atoms. The lowest BCUT2D eigenvalue weighted by atomic mass is 10.1. The van der Waals surface area contributed by atoms with Gasteiger partial charge in [-0.15, -0.1) is 0 Å². The van der Waals surface area contributed by atoms with Gasteiger partial charge in [0, 0.05) is 37.3 Å². The quantitative estimate of drug-likeness (QED) is 0.748. The fraction of sp³-hybridized carbons (Fsp3) is 0.364. The van der Waals surface area contributed by atoms with Gasteiger partial charge in [-0.1, -0.05) is 0 Å². The molecule has 0 unspecified atom stereocenters. The van der Waals surface area contributed by atoms with Crippen molar-refractivity contribution in [2.45, 2.75) is 6.92 Å². The van der Waals surface area contributed by atoms with Crippen LogP contribution in [0, 0.1) is 0 Å². The SMILES string of the molecule is CCOc1ccc(C(=O)N2CCN(C(=O)c3ccc(OC)c(OC)c3)CC2)cc1. The summed E-state index contributed by atoms with van der Waals surface area (Å²) in [5.74, 6) is 1.72. The fourth-order valence-corrected chi connectivity index (χ4v) is 3.31. The van der Waals surface area contributed by atoms with Crippen molar-refractivity contribution in [1.82, 2.24) is 9.80 Å². The van der Waals surface area contributed by atoms with Crippen molar-refractivity contribution in [1.29, 1.82) is 0 Å². The van der Waals surface area contributed by atoms with Gasteiger partial charge in [0.05, 0.1) is 20.8 Å². The average Bonchev–Trinajstić information content (AvgIpc) is 2.78. The predicted molar refractivity (Wildman–Crippen MR) is 109 cm³/mol. The van der Waals surface area contributed by atoms with Gasteiger partial charge in [0.15, 0.2) is 11.5 Å². The first-order chi connectivity index (χ1) is 14.1. The van der Waals surface area contributed by atoms with Crippen LogP contribution in [0.3, 0.4) is 0 Å². The normalized spacial score (nSPS) is 13.8. The first-order valence-corrected chi connectivity index (χ1v) is 9.60. The largest absolute Gasteiger partial charge is 0.494 e.